The van der Waals surface area contributed by atoms with Gasteiger partial charge >= 0.3 is 0 Å². The number of carbonyl (C=O) groups is 1. The summed E-state index contributed by atoms with van der Waals surface area (Å²) in [6.07, 6.45) is 0. The number of anilines is 2. The Hall–Kier alpha value is -2.47. The van der Waals surface area contributed by atoms with Gasteiger partial charge in [-0.05, 0) is 45.6 Å². The molecule has 1 heterocycles. The Morgan fingerprint density at radius 1 is 1.17 bits per heavy atom. The molecule has 2 N–H and O–H groups in total. The number of carbonyl (C=O) groups excluding carboxylic acids is 1. The lowest BCUT2D eigenvalue weighted by Crippen LogP contribution is -2.32. The SMILES string of the molecule is Cc1cc(C(=O)NCCN(C)C)nc(Nc2ccccc2C)n1. The summed E-state index contributed by atoms with van der Waals surface area (Å²) in [5.41, 5.74) is 3.13. The number of aryl methyl sites for hydroxylation is 2. The van der Waals surface area contributed by atoms with Crippen LogP contribution in [0, 0.1) is 13.8 Å². The van der Waals surface area contributed by atoms with E-state index >= 15 is 0 Å². The number of benzene rings is 1. The Bertz CT molecular complexity index is 684. The highest BCUT2D eigenvalue weighted by Crippen LogP contribution is 2.17. The lowest BCUT2D eigenvalue weighted by atomic mass is 10.2. The monoisotopic (exact) mass is 313 g/mol. The van der Waals surface area contributed by atoms with Crippen molar-refractivity contribution in [1.29, 1.82) is 0 Å². The van der Waals surface area contributed by atoms with E-state index in [1.165, 1.54) is 0 Å². The minimum atomic E-state index is -0.190. The number of hydrogen-bond donors (Lipinski definition) is 2. The summed E-state index contributed by atoms with van der Waals surface area (Å²) in [6.45, 7) is 5.22. The Morgan fingerprint density at radius 3 is 2.61 bits per heavy atom. The van der Waals surface area contributed by atoms with Crippen LogP contribution in [0.15, 0.2) is 30.3 Å². The molecule has 0 saturated carbocycles. The zero-order chi connectivity index (χ0) is 16.8. The van der Waals surface area contributed by atoms with Gasteiger partial charge in [0.25, 0.3) is 5.91 Å². The van der Waals surface area contributed by atoms with E-state index in [0.29, 0.717) is 18.2 Å². The van der Waals surface area contributed by atoms with Crippen LogP contribution >= 0.6 is 0 Å². The van der Waals surface area contributed by atoms with E-state index in [1.54, 1.807) is 6.07 Å². The molecule has 1 aromatic heterocycles. The van der Waals surface area contributed by atoms with Gasteiger partial charge in [0.2, 0.25) is 5.95 Å². The first-order chi connectivity index (χ1) is 11.0. The average Bonchev–Trinajstić information content (AvgIpc) is 2.48. The first-order valence-electron chi connectivity index (χ1n) is 7.57. The Labute approximate surface area is 137 Å². The molecule has 2 rings (SSSR count). The van der Waals surface area contributed by atoms with Crippen molar-refractivity contribution in [1.82, 2.24) is 20.2 Å². The Kier molecular flexibility index (Phi) is 5.65. The molecule has 122 valence electrons. The van der Waals surface area contributed by atoms with E-state index in [4.69, 9.17) is 0 Å². The first kappa shape index (κ1) is 16.9. The summed E-state index contributed by atoms with van der Waals surface area (Å²) in [4.78, 5) is 22.9. The van der Waals surface area contributed by atoms with Crippen LogP contribution in [-0.4, -0.2) is 48.0 Å². The molecule has 23 heavy (non-hydrogen) atoms. The van der Waals surface area contributed by atoms with Crippen molar-refractivity contribution in [2.24, 2.45) is 0 Å². The highest BCUT2D eigenvalue weighted by atomic mass is 16.1. The smallest absolute Gasteiger partial charge is 0.270 e. The molecule has 2 aromatic rings. The lowest BCUT2D eigenvalue weighted by molar-refractivity contribution is 0.0946. The zero-order valence-electron chi connectivity index (χ0n) is 14.1. The fourth-order valence-corrected chi connectivity index (χ4v) is 2.06. The second-order valence-corrected chi connectivity index (χ2v) is 5.72. The molecule has 6 heteroatoms. The first-order valence-corrected chi connectivity index (χ1v) is 7.57. The van der Waals surface area contributed by atoms with Gasteiger partial charge in [-0.25, -0.2) is 9.97 Å². The van der Waals surface area contributed by atoms with Gasteiger partial charge in [0, 0.05) is 24.5 Å². The standard InChI is InChI=1S/C17H23N5O/c1-12-7-5-6-8-14(12)20-17-19-13(2)11-15(21-17)16(23)18-9-10-22(3)4/h5-8,11H,9-10H2,1-4H3,(H,18,23)(H,19,20,21). The number of rotatable bonds is 6. The summed E-state index contributed by atoms with van der Waals surface area (Å²) in [6, 6.07) is 9.57. The molecule has 1 amide bonds. The molecule has 0 atom stereocenters. The minimum absolute atomic E-state index is 0.190. The summed E-state index contributed by atoms with van der Waals surface area (Å²) in [7, 11) is 3.93. The van der Waals surface area contributed by atoms with Gasteiger partial charge in [-0.15, -0.1) is 0 Å². The average molecular weight is 313 g/mol. The van der Waals surface area contributed by atoms with Crippen LogP contribution in [0.2, 0.25) is 0 Å². The van der Waals surface area contributed by atoms with Crippen LogP contribution in [0.25, 0.3) is 0 Å². The van der Waals surface area contributed by atoms with E-state index in [1.807, 2.05) is 57.1 Å². The largest absolute Gasteiger partial charge is 0.349 e. The molecule has 0 aliphatic heterocycles. The van der Waals surface area contributed by atoms with Crippen LogP contribution in [0.5, 0.6) is 0 Å². The van der Waals surface area contributed by atoms with Crippen molar-refractivity contribution in [2.75, 3.05) is 32.5 Å². The number of para-hydroxylation sites is 1. The highest BCUT2D eigenvalue weighted by molar-refractivity contribution is 5.92. The van der Waals surface area contributed by atoms with Crippen molar-refractivity contribution in [2.45, 2.75) is 13.8 Å². The zero-order valence-corrected chi connectivity index (χ0v) is 14.1. The number of hydrogen-bond acceptors (Lipinski definition) is 5. The molecule has 6 nitrogen and oxygen atoms in total. The van der Waals surface area contributed by atoms with Gasteiger partial charge in [-0.3, -0.25) is 4.79 Å². The third-order valence-electron chi connectivity index (χ3n) is 3.32. The van der Waals surface area contributed by atoms with Crippen molar-refractivity contribution >= 4 is 17.5 Å². The van der Waals surface area contributed by atoms with E-state index in [0.717, 1.165) is 23.5 Å². The molecule has 0 fully saturated rings. The molecule has 0 bridgehead atoms. The van der Waals surface area contributed by atoms with Crippen LogP contribution in [0.3, 0.4) is 0 Å². The van der Waals surface area contributed by atoms with Crippen molar-refractivity contribution < 1.29 is 4.79 Å². The molecular weight excluding hydrogens is 290 g/mol. The number of aromatic nitrogens is 2. The normalized spacial score (nSPS) is 10.7. The van der Waals surface area contributed by atoms with Gasteiger partial charge in [-0.1, -0.05) is 18.2 Å². The maximum Gasteiger partial charge on any atom is 0.270 e. The van der Waals surface area contributed by atoms with Crippen molar-refractivity contribution in [3.63, 3.8) is 0 Å². The number of likely N-dealkylation sites (N-methyl/N-ethyl adjacent to an activating group) is 1. The van der Waals surface area contributed by atoms with Crippen molar-refractivity contribution in [3.05, 3.63) is 47.3 Å². The fourth-order valence-electron chi connectivity index (χ4n) is 2.06. The van der Waals surface area contributed by atoms with Gasteiger partial charge in [-0.2, -0.15) is 0 Å². The van der Waals surface area contributed by atoms with Crippen LogP contribution in [0.1, 0.15) is 21.7 Å². The summed E-state index contributed by atoms with van der Waals surface area (Å²) < 4.78 is 0. The summed E-state index contributed by atoms with van der Waals surface area (Å²) in [5.74, 6) is 0.238. The maximum atomic E-state index is 12.2. The topological polar surface area (TPSA) is 70.2 Å². The van der Waals surface area contributed by atoms with E-state index in [-0.39, 0.29) is 5.91 Å². The number of amides is 1. The van der Waals surface area contributed by atoms with Gasteiger partial charge in [0.05, 0.1) is 0 Å². The second-order valence-electron chi connectivity index (χ2n) is 5.72. The minimum Gasteiger partial charge on any atom is -0.349 e. The molecule has 1 aromatic carbocycles. The van der Waals surface area contributed by atoms with E-state index in [9.17, 15) is 4.79 Å². The third kappa shape index (κ3) is 5.03. The number of nitrogens with zero attached hydrogens (tertiary/aromatic N) is 3. The van der Waals surface area contributed by atoms with Crippen LogP contribution < -0.4 is 10.6 Å². The molecule has 0 spiro atoms. The van der Waals surface area contributed by atoms with Crippen LogP contribution in [-0.2, 0) is 0 Å². The maximum absolute atomic E-state index is 12.2. The van der Waals surface area contributed by atoms with Gasteiger partial charge in [0.15, 0.2) is 0 Å². The fraction of sp³-hybridized carbons (Fsp3) is 0.353. The highest BCUT2D eigenvalue weighted by Gasteiger charge is 2.11. The molecular formula is C17H23N5O. The molecule has 0 unspecified atom stereocenters. The van der Waals surface area contributed by atoms with Gasteiger partial charge < -0.3 is 15.5 Å². The predicted molar refractivity (Wildman–Crippen MR) is 92.1 cm³/mol. The molecule has 0 saturated heterocycles. The summed E-state index contributed by atoms with van der Waals surface area (Å²) in [5, 5.41) is 6.03. The van der Waals surface area contributed by atoms with Crippen LogP contribution in [0.4, 0.5) is 11.6 Å². The summed E-state index contributed by atoms with van der Waals surface area (Å²) >= 11 is 0. The predicted octanol–water partition coefficient (Wildman–Crippen LogP) is 2.13. The Balaban J connectivity index is 2.12. The van der Waals surface area contributed by atoms with Crippen molar-refractivity contribution in [3.8, 4) is 0 Å². The molecule has 0 radical (unpaired) electrons. The molecule has 0 aliphatic rings. The molecule has 0 aliphatic carbocycles. The van der Waals surface area contributed by atoms with E-state index < -0.39 is 0 Å². The second kappa shape index (κ2) is 7.69. The third-order valence-corrected chi connectivity index (χ3v) is 3.32. The quantitative estimate of drug-likeness (QED) is 0.855. The number of nitrogens with one attached hydrogen (secondary N) is 2. The van der Waals surface area contributed by atoms with E-state index in [2.05, 4.69) is 20.6 Å². The Morgan fingerprint density at radius 2 is 1.91 bits per heavy atom. The van der Waals surface area contributed by atoms with Gasteiger partial charge in [0.1, 0.15) is 5.69 Å². The lowest BCUT2D eigenvalue weighted by Gasteiger charge is -2.12.